The summed E-state index contributed by atoms with van der Waals surface area (Å²) in [5.74, 6) is 2.94. The lowest BCUT2D eigenvalue weighted by molar-refractivity contribution is -0.117. The third kappa shape index (κ3) is 4.23. The Morgan fingerprint density at radius 2 is 2.24 bits per heavy atom. The molecule has 2 aromatic rings. The number of aryl methyl sites for hydroxylation is 2. The number of rotatable bonds is 6. The van der Waals surface area contributed by atoms with Crippen LogP contribution in [0, 0.1) is 13.8 Å². The predicted octanol–water partition coefficient (Wildman–Crippen LogP) is 0.565. The molecule has 9 heteroatoms. The first kappa shape index (κ1) is 17.6. The summed E-state index contributed by atoms with van der Waals surface area (Å²) >= 11 is 0. The standard InChI is InChI=1S/C16H25N7O2/c1-11-7-14(20-25-11)17-16(24)10-23-6-5-13(8-23)21(3)9-15-19-18-12(2)22(15)4/h7,13H,5-6,8-10H2,1-4H3,(H,17,20,24)/t13-/m0/s1. The zero-order valence-corrected chi connectivity index (χ0v) is 15.2. The van der Waals surface area contributed by atoms with Crippen LogP contribution in [0.25, 0.3) is 0 Å². The van der Waals surface area contributed by atoms with Crippen LogP contribution in [0.4, 0.5) is 5.82 Å². The summed E-state index contributed by atoms with van der Waals surface area (Å²) in [5, 5.41) is 14.9. The van der Waals surface area contributed by atoms with E-state index >= 15 is 0 Å². The normalized spacial score (nSPS) is 18.2. The molecule has 0 aromatic carbocycles. The smallest absolute Gasteiger partial charge is 0.239 e. The molecule has 1 aliphatic rings. The minimum absolute atomic E-state index is 0.0690. The van der Waals surface area contributed by atoms with Crippen LogP contribution < -0.4 is 5.32 Å². The third-order valence-electron chi connectivity index (χ3n) is 4.71. The molecule has 1 aliphatic heterocycles. The van der Waals surface area contributed by atoms with Crippen molar-refractivity contribution in [1.29, 1.82) is 0 Å². The van der Waals surface area contributed by atoms with Crippen molar-refractivity contribution < 1.29 is 9.32 Å². The van der Waals surface area contributed by atoms with E-state index in [0.717, 1.165) is 37.7 Å². The summed E-state index contributed by atoms with van der Waals surface area (Å²) in [6.07, 6.45) is 1.03. The van der Waals surface area contributed by atoms with Crippen LogP contribution in [0.2, 0.25) is 0 Å². The fraction of sp³-hybridized carbons (Fsp3) is 0.625. The molecule has 1 saturated heterocycles. The van der Waals surface area contributed by atoms with Gasteiger partial charge in [-0.2, -0.15) is 0 Å². The average molecular weight is 347 g/mol. The number of carbonyl (C=O) groups is 1. The Balaban J connectivity index is 1.47. The molecule has 3 rings (SSSR count). The van der Waals surface area contributed by atoms with Gasteiger partial charge in [-0.05, 0) is 27.3 Å². The van der Waals surface area contributed by atoms with Crippen LogP contribution in [0.3, 0.4) is 0 Å². The van der Waals surface area contributed by atoms with Crippen LogP contribution in [0.1, 0.15) is 23.8 Å². The number of nitrogens with zero attached hydrogens (tertiary/aromatic N) is 6. The van der Waals surface area contributed by atoms with Gasteiger partial charge in [-0.15, -0.1) is 10.2 Å². The number of likely N-dealkylation sites (N-methyl/N-ethyl adjacent to an activating group) is 1. The lowest BCUT2D eigenvalue weighted by Crippen LogP contribution is -2.37. The van der Waals surface area contributed by atoms with Gasteiger partial charge in [0, 0.05) is 32.2 Å². The van der Waals surface area contributed by atoms with Crippen LogP contribution in [-0.2, 0) is 18.4 Å². The Labute approximate surface area is 147 Å². The minimum Gasteiger partial charge on any atom is -0.360 e. The van der Waals surface area contributed by atoms with Gasteiger partial charge in [0.15, 0.2) is 5.82 Å². The number of amides is 1. The Morgan fingerprint density at radius 1 is 1.44 bits per heavy atom. The summed E-state index contributed by atoms with van der Waals surface area (Å²) in [5.41, 5.74) is 0. The first-order valence-corrected chi connectivity index (χ1v) is 8.43. The summed E-state index contributed by atoms with van der Waals surface area (Å²) in [4.78, 5) is 16.6. The van der Waals surface area contributed by atoms with Crippen molar-refractivity contribution in [3.05, 3.63) is 23.5 Å². The molecule has 0 spiro atoms. The second-order valence-corrected chi connectivity index (χ2v) is 6.69. The van der Waals surface area contributed by atoms with Crippen molar-refractivity contribution in [1.82, 2.24) is 29.7 Å². The lowest BCUT2D eigenvalue weighted by atomic mass is 10.2. The maximum absolute atomic E-state index is 12.1. The molecule has 1 fully saturated rings. The van der Waals surface area contributed by atoms with Gasteiger partial charge in [0.2, 0.25) is 5.91 Å². The summed E-state index contributed by atoms with van der Waals surface area (Å²) in [6.45, 7) is 6.61. The highest BCUT2D eigenvalue weighted by Crippen LogP contribution is 2.16. The van der Waals surface area contributed by atoms with E-state index in [9.17, 15) is 4.79 Å². The number of carbonyl (C=O) groups excluding carboxylic acids is 1. The Kier molecular flexibility index (Phi) is 5.14. The van der Waals surface area contributed by atoms with Gasteiger partial charge in [-0.1, -0.05) is 5.16 Å². The van der Waals surface area contributed by atoms with E-state index in [1.165, 1.54) is 0 Å². The summed E-state index contributed by atoms with van der Waals surface area (Å²) < 4.78 is 6.96. The topological polar surface area (TPSA) is 92.3 Å². The van der Waals surface area contributed by atoms with Crippen LogP contribution in [0.5, 0.6) is 0 Å². The number of aromatic nitrogens is 4. The maximum atomic E-state index is 12.1. The monoisotopic (exact) mass is 347 g/mol. The van der Waals surface area contributed by atoms with E-state index < -0.39 is 0 Å². The van der Waals surface area contributed by atoms with Crippen LogP contribution in [-0.4, -0.2) is 68.4 Å². The van der Waals surface area contributed by atoms with E-state index in [1.807, 2.05) is 18.5 Å². The van der Waals surface area contributed by atoms with Crippen molar-refractivity contribution in [2.24, 2.45) is 7.05 Å². The van der Waals surface area contributed by atoms with Crippen LogP contribution in [0.15, 0.2) is 10.6 Å². The second-order valence-electron chi connectivity index (χ2n) is 6.69. The van der Waals surface area contributed by atoms with Gasteiger partial charge in [-0.3, -0.25) is 14.6 Å². The van der Waals surface area contributed by atoms with Crippen molar-refractivity contribution in [2.45, 2.75) is 32.9 Å². The predicted molar refractivity (Wildman–Crippen MR) is 91.9 cm³/mol. The number of likely N-dealkylation sites (tertiary alicyclic amines) is 1. The molecule has 25 heavy (non-hydrogen) atoms. The number of hydrogen-bond acceptors (Lipinski definition) is 7. The maximum Gasteiger partial charge on any atom is 0.239 e. The molecular weight excluding hydrogens is 322 g/mol. The fourth-order valence-corrected chi connectivity index (χ4v) is 3.07. The highest BCUT2D eigenvalue weighted by atomic mass is 16.5. The van der Waals surface area contributed by atoms with Crippen molar-refractivity contribution >= 4 is 11.7 Å². The molecule has 0 saturated carbocycles. The SMILES string of the molecule is Cc1cc(NC(=O)CN2CC[C@H](N(C)Cc3nnc(C)n3C)C2)no1. The zero-order valence-electron chi connectivity index (χ0n) is 15.2. The molecule has 3 heterocycles. The molecule has 136 valence electrons. The fourth-order valence-electron chi connectivity index (χ4n) is 3.07. The molecule has 0 radical (unpaired) electrons. The second kappa shape index (κ2) is 7.32. The molecule has 0 bridgehead atoms. The van der Waals surface area contributed by atoms with Gasteiger partial charge >= 0.3 is 0 Å². The minimum atomic E-state index is -0.0690. The Hall–Kier alpha value is -2.26. The zero-order chi connectivity index (χ0) is 18.0. The first-order valence-electron chi connectivity index (χ1n) is 8.43. The molecule has 0 unspecified atom stereocenters. The molecule has 1 amide bonds. The molecular formula is C16H25N7O2. The Bertz CT molecular complexity index is 739. The van der Waals surface area contributed by atoms with Gasteiger partial charge in [-0.25, -0.2) is 0 Å². The molecule has 2 aromatic heterocycles. The van der Waals surface area contributed by atoms with Crippen molar-refractivity contribution in [3.8, 4) is 0 Å². The van der Waals surface area contributed by atoms with E-state index in [-0.39, 0.29) is 5.91 Å². The summed E-state index contributed by atoms with van der Waals surface area (Å²) in [6, 6.07) is 2.11. The van der Waals surface area contributed by atoms with E-state index in [0.29, 0.717) is 24.2 Å². The quantitative estimate of drug-likeness (QED) is 0.816. The highest BCUT2D eigenvalue weighted by Gasteiger charge is 2.27. The van der Waals surface area contributed by atoms with Gasteiger partial charge in [0.25, 0.3) is 0 Å². The first-order chi connectivity index (χ1) is 11.9. The number of anilines is 1. The van der Waals surface area contributed by atoms with E-state index in [1.54, 1.807) is 13.0 Å². The van der Waals surface area contributed by atoms with E-state index in [2.05, 4.69) is 37.5 Å². The van der Waals surface area contributed by atoms with Crippen LogP contribution >= 0.6 is 0 Å². The Morgan fingerprint density at radius 3 is 2.88 bits per heavy atom. The average Bonchev–Trinajstić information content (AvgIpc) is 3.25. The molecule has 9 nitrogen and oxygen atoms in total. The van der Waals surface area contributed by atoms with Crippen molar-refractivity contribution in [2.75, 3.05) is 32.0 Å². The highest BCUT2D eigenvalue weighted by molar-refractivity contribution is 5.91. The van der Waals surface area contributed by atoms with Gasteiger partial charge in [0.1, 0.15) is 17.4 Å². The number of hydrogen-bond donors (Lipinski definition) is 1. The third-order valence-corrected chi connectivity index (χ3v) is 4.71. The van der Waals surface area contributed by atoms with Gasteiger partial charge in [0.05, 0.1) is 13.1 Å². The molecule has 0 aliphatic carbocycles. The van der Waals surface area contributed by atoms with E-state index in [4.69, 9.17) is 4.52 Å². The summed E-state index contributed by atoms with van der Waals surface area (Å²) in [7, 11) is 4.08. The largest absolute Gasteiger partial charge is 0.360 e. The lowest BCUT2D eigenvalue weighted by Gasteiger charge is -2.24. The van der Waals surface area contributed by atoms with Gasteiger partial charge < -0.3 is 14.4 Å². The number of nitrogens with one attached hydrogen (secondary N) is 1. The van der Waals surface area contributed by atoms with Crippen molar-refractivity contribution in [3.63, 3.8) is 0 Å². The molecule has 1 N–H and O–H groups in total. The molecule has 1 atom stereocenters.